The maximum Gasteiger partial charge on any atom is 0.130 e. The molecule has 1 saturated heterocycles. The molecule has 1 aliphatic rings. The normalized spacial score (nSPS) is 15.9. The highest BCUT2D eigenvalue weighted by molar-refractivity contribution is 5.42. The number of benzene rings is 2. The summed E-state index contributed by atoms with van der Waals surface area (Å²) in [6.07, 6.45) is 2.38. The van der Waals surface area contributed by atoms with Crippen molar-refractivity contribution in [1.29, 1.82) is 0 Å². The van der Waals surface area contributed by atoms with Crippen LogP contribution in [0.3, 0.4) is 0 Å². The predicted molar refractivity (Wildman–Crippen MR) is 87.3 cm³/mol. The molecule has 2 nitrogen and oxygen atoms in total. The molecule has 0 saturated carbocycles. The van der Waals surface area contributed by atoms with E-state index in [0.29, 0.717) is 5.92 Å². The molecule has 1 aliphatic heterocycles. The first kappa shape index (κ1) is 14.2. The molecule has 0 unspecified atom stereocenters. The van der Waals surface area contributed by atoms with Crippen molar-refractivity contribution < 1.29 is 4.74 Å². The molecule has 0 spiro atoms. The molecule has 1 fully saturated rings. The summed E-state index contributed by atoms with van der Waals surface area (Å²) in [5.41, 5.74) is 3.91. The number of ether oxygens (including phenoxy) is 1. The van der Waals surface area contributed by atoms with Gasteiger partial charge in [0.25, 0.3) is 0 Å². The Bertz CT molecular complexity index is 615. The number of para-hydroxylation sites is 1. The molecule has 0 atom stereocenters. The first-order valence-corrected chi connectivity index (χ1v) is 7.79. The molecule has 21 heavy (non-hydrogen) atoms. The molecule has 0 aromatic heterocycles. The first-order chi connectivity index (χ1) is 10.2. The van der Waals surface area contributed by atoms with Gasteiger partial charge in [-0.3, -0.25) is 0 Å². The summed E-state index contributed by atoms with van der Waals surface area (Å²) in [6.45, 7) is 6.45. The Kier molecular flexibility index (Phi) is 4.26. The molecular formula is C19H23NO. The Hall–Kier alpha value is -1.80. The predicted octanol–water partition coefficient (Wildman–Crippen LogP) is 4.56. The fourth-order valence-corrected chi connectivity index (χ4v) is 2.95. The van der Waals surface area contributed by atoms with E-state index in [1.165, 1.54) is 29.5 Å². The molecule has 2 heteroatoms. The molecule has 1 N–H and O–H groups in total. The van der Waals surface area contributed by atoms with E-state index in [1.807, 2.05) is 0 Å². The van der Waals surface area contributed by atoms with Crippen LogP contribution in [0.5, 0.6) is 11.5 Å². The molecule has 0 amide bonds. The smallest absolute Gasteiger partial charge is 0.130 e. The molecule has 0 radical (unpaired) electrons. The minimum atomic E-state index is 0.606. The first-order valence-electron chi connectivity index (χ1n) is 7.79. The van der Waals surface area contributed by atoms with Crippen LogP contribution >= 0.6 is 0 Å². The summed E-state index contributed by atoms with van der Waals surface area (Å²) in [7, 11) is 0. The minimum Gasteiger partial charge on any atom is -0.457 e. The van der Waals surface area contributed by atoms with Gasteiger partial charge in [0.2, 0.25) is 0 Å². The van der Waals surface area contributed by atoms with Crippen molar-refractivity contribution in [3.63, 3.8) is 0 Å². The van der Waals surface area contributed by atoms with Crippen LogP contribution in [0, 0.1) is 13.8 Å². The van der Waals surface area contributed by atoms with Crippen molar-refractivity contribution in [1.82, 2.24) is 5.32 Å². The lowest BCUT2D eigenvalue weighted by Crippen LogP contribution is -2.26. The summed E-state index contributed by atoms with van der Waals surface area (Å²) in [6, 6.07) is 14.8. The topological polar surface area (TPSA) is 21.3 Å². The van der Waals surface area contributed by atoms with Gasteiger partial charge in [0.05, 0.1) is 0 Å². The molecule has 0 aliphatic carbocycles. The van der Waals surface area contributed by atoms with Crippen LogP contribution in [-0.4, -0.2) is 13.1 Å². The Morgan fingerprint density at radius 2 is 1.71 bits per heavy atom. The highest BCUT2D eigenvalue weighted by Gasteiger charge is 2.18. The van der Waals surface area contributed by atoms with Gasteiger partial charge >= 0.3 is 0 Å². The summed E-state index contributed by atoms with van der Waals surface area (Å²) < 4.78 is 6.18. The lowest BCUT2D eigenvalue weighted by molar-refractivity contribution is 0.430. The van der Waals surface area contributed by atoms with Crippen LogP contribution in [-0.2, 0) is 0 Å². The number of hydrogen-bond acceptors (Lipinski definition) is 2. The molecule has 1 heterocycles. The van der Waals surface area contributed by atoms with E-state index in [0.717, 1.165) is 24.6 Å². The Morgan fingerprint density at radius 1 is 0.952 bits per heavy atom. The third kappa shape index (κ3) is 3.27. The average Bonchev–Trinajstić information content (AvgIpc) is 2.52. The van der Waals surface area contributed by atoms with E-state index >= 15 is 0 Å². The highest BCUT2D eigenvalue weighted by Crippen LogP contribution is 2.35. The molecule has 0 bridgehead atoms. The third-order valence-corrected chi connectivity index (χ3v) is 4.40. The van der Waals surface area contributed by atoms with Crippen molar-refractivity contribution in [2.45, 2.75) is 32.6 Å². The van der Waals surface area contributed by atoms with Gasteiger partial charge in [-0.1, -0.05) is 24.3 Å². The van der Waals surface area contributed by atoms with Gasteiger partial charge in [-0.05, 0) is 80.6 Å². The third-order valence-electron chi connectivity index (χ3n) is 4.40. The minimum absolute atomic E-state index is 0.606. The van der Waals surface area contributed by atoms with Gasteiger partial charge in [-0.25, -0.2) is 0 Å². The van der Waals surface area contributed by atoms with Crippen LogP contribution < -0.4 is 10.1 Å². The van der Waals surface area contributed by atoms with Crippen LogP contribution in [0.15, 0.2) is 42.5 Å². The van der Waals surface area contributed by atoms with Crippen molar-refractivity contribution in [3.8, 4) is 11.5 Å². The van der Waals surface area contributed by atoms with E-state index in [1.54, 1.807) is 0 Å². The number of piperidine rings is 1. The van der Waals surface area contributed by atoms with Crippen LogP contribution in [0.1, 0.15) is 35.4 Å². The number of hydrogen-bond donors (Lipinski definition) is 1. The zero-order valence-electron chi connectivity index (χ0n) is 12.9. The Balaban J connectivity index is 1.86. The summed E-state index contributed by atoms with van der Waals surface area (Å²) >= 11 is 0. The number of nitrogens with one attached hydrogen (secondary N) is 1. The van der Waals surface area contributed by atoms with Gasteiger partial charge in [0.15, 0.2) is 0 Å². The standard InChI is InChI=1S/C19H23NO/c1-14-7-8-17(13-15(14)2)21-19-6-4-3-5-18(19)16-9-11-20-12-10-16/h3-8,13,16,20H,9-12H2,1-2H3. The molecule has 2 aromatic carbocycles. The maximum atomic E-state index is 6.18. The second-order valence-electron chi connectivity index (χ2n) is 5.91. The van der Waals surface area contributed by atoms with E-state index in [2.05, 4.69) is 61.6 Å². The van der Waals surface area contributed by atoms with Gasteiger partial charge in [-0.2, -0.15) is 0 Å². The van der Waals surface area contributed by atoms with Crippen molar-refractivity contribution in [2.75, 3.05) is 13.1 Å². The maximum absolute atomic E-state index is 6.18. The lowest BCUT2D eigenvalue weighted by atomic mass is 9.89. The zero-order chi connectivity index (χ0) is 14.7. The van der Waals surface area contributed by atoms with Crippen LogP contribution in [0.2, 0.25) is 0 Å². The zero-order valence-corrected chi connectivity index (χ0v) is 12.9. The second kappa shape index (κ2) is 6.31. The van der Waals surface area contributed by atoms with Crippen LogP contribution in [0.25, 0.3) is 0 Å². The highest BCUT2D eigenvalue weighted by atomic mass is 16.5. The van der Waals surface area contributed by atoms with E-state index in [4.69, 9.17) is 4.74 Å². The monoisotopic (exact) mass is 281 g/mol. The summed E-state index contributed by atoms with van der Waals surface area (Å²) in [4.78, 5) is 0. The van der Waals surface area contributed by atoms with Crippen LogP contribution in [0.4, 0.5) is 0 Å². The quantitative estimate of drug-likeness (QED) is 0.890. The average molecular weight is 281 g/mol. The molecular weight excluding hydrogens is 258 g/mol. The summed E-state index contributed by atoms with van der Waals surface area (Å²) in [5, 5.41) is 3.43. The fourth-order valence-electron chi connectivity index (χ4n) is 2.95. The second-order valence-corrected chi connectivity index (χ2v) is 5.91. The molecule has 2 aromatic rings. The van der Waals surface area contributed by atoms with Gasteiger partial charge in [-0.15, -0.1) is 0 Å². The van der Waals surface area contributed by atoms with E-state index in [9.17, 15) is 0 Å². The van der Waals surface area contributed by atoms with Crippen molar-refractivity contribution in [3.05, 3.63) is 59.2 Å². The molecule has 110 valence electrons. The largest absolute Gasteiger partial charge is 0.457 e. The number of aryl methyl sites for hydroxylation is 2. The van der Waals surface area contributed by atoms with E-state index in [-0.39, 0.29) is 0 Å². The van der Waals surface area contributed by atoms with Gasteiger partial charge in [0, 0.05) is 0 Å². The Labute approximate surface area is 127 Å². The SMILES string of the molecule is Cc1ccc(Oc2ccccc2C2CCNCC2)cc1C. The number of rotatable bonds is 3. The summed E-state index contributed by atoms with van der Waals surface area (Å²) in [5.74, 6) is 2.54. The van der Waals surface area contributed by atoms with Gasteiger partial charge < -0.3 is 10.1 Å². The fraction of sp³-hybridized carbons (Fsp3) is 0.368. The van der Waals surface area contributed by atoms with E-state index < -0.39 is 0 Å². The van der Waals surface area contributed by atoms with Crippen molar-refractivity contribution in [2.24, 2.45) is 0 Å². The molecule has 3 rings (SSSR count). The Morgan fingerprint density at radius 3 is 2.48 bits per heavy atom. The van der Waals surface area contributed by atoms with Gasteiger partial charge in [0.1, 0.15) is 11.5 Å². The lowest BCUT2D eigenvalue weighted by Gasteiger charge is -2.25. The van der Waals surface area contributed by atoms with Crippen molar-refractivity contribution >= 4 is 0 Å².